The first-order valence-corrected chi connectivity index (χ1v) is 3.37. The molecule has 0 aliphatic carbocycles. The molecule has 0 unspecified atom stereocenters. The van der Waals surface area contributed by atoms with Gasteiger partial charge in [-0.05, 0) is 6.92 Å². The molecule has 58 valence electrons. The lowest BCUT2D eigenvalue weighted by molar-refractivity contribution is 0.804. The Balaban J connectivity index is 3.52. The molecule has 0 aliphatic rings. The molecular formula is C8H11N3. The summed E-state index contributed by atoms with van der Waals surface area (Å²) in [5, 5.41) is 5.79. The van der Waals surface area contributed by atoms with Gasteiger partial charge in [0, 0.05) is 5.22 Å². The number of allylic oxidation sites excluding steroid dienone is 1. The molecule has 0 fully saturated rings. The number of hydrogen-bond donors (Lipinski definition) is 1. The molecule has 11 heavy (non-hydrogen) atoms. The molecule has 0 saturated carbocycles. The van der Waals surface area contributed by atoms with E-state index in [1.54, 1.807) is 12.3 Å². The van der Waals surface area contributed by atoms with Gasteiger partial charge in [-0.2, -0.15) is 9.89 Å². The summed E-state index contributed by atoms with van der Waals surface area (Å²) in [6, 6.07) is 0. The molecule has 1 aromatic rings. The zero-order valence-electron chi connectivity index (χ0n) is 6.49. The maximum atomic E-state index is 5.50. The second kappa shape index (κ2) is 3.05. The van der Waals surface area contributed by atoms with Crippen molar-refractivity contribution in [2.75, 3.05) is 5.84 Å². The van der Waals surface area contributed by atoms with Gasteiger partial charge in [-0.25, -0.2) is 0 Å². The van der Waals surface area contributed by atoms with Crippen molar-refractivity contribution in [2.45, 2.75) is 6.92 Å². The largest absolute Gasteiger partial charge is 0.323 e. The normalized spacial score (nSPS) is 13.9. The maximum Gasteiger partial charge on any atom is 0.0873 e. The molecule has 3 nitrogen and oxygen atoms in total. The van der Waals surface area contributed by atoms with Crippen LogP contribution in [0.1, 0.15) is 6.92 Å². The van der Waals surface area contributed by atoms with E-state index in [2.05, 4.69) is 11.7 Å². The minimum atomic E-state index is 0.907. The molecule has 1 aromatic heterocycles. The van der Waals surface area contributed by atoms with Gasteiger partial charge >= 0.3 is 0 Å². The van der Waals surface area contributed by atoms with E-state index in [9.17, 15) is 0 Å². The van der Waals surface area contributed by atoms with E-state index >= 15 is 0 Å². The quantitative estimate of drug-likeness (QED) is 0.540. The molecule has 0 spiro atoms. The van der Waals surface area contributed by atoms with E-state index in [0.29, 0.717) is 0 Å². The highest BCUT2D eigenvalue weighted by Gasteiger charge is 1.88. The lowest BCUT2D eigenvalue weighted by atomic mass is 10.4. The van der Waals surface area contributed by atoms with Gasteiger partial charge in [-0.1, -0.05) is 24.8 Å². The summed E-state index contributed by atoms with van der Waals surface area (Å²) in [6.45, 7) is 5.51. The average Bonchev–Trinajstić information content (AvgIpc) is 2.33. The highest BCUT2D eigenvalue weighted by Crippen LogP contribution is 1.65. The Bertz CT molecular complexity index is 359. The number of nitrogen functional groups attached to an aromatic ring is 1. The molecule has 0 aliphatic heterocycles. The molecule has 0 amide bonds. The summed E-state index contributed by atoms with van der Waals surface area (Å²) in [5.41, 5.74) is 0. The summed E-state index contributed by atoms with van der Waals surface area (Å²) in [4.78, 5) is 1.34. The second-order valence-corrected chi connectivity index (χ2v) is 2.12. The van der Waals surface area contributed by atoms with Gasteiger partial charge in [0.15, 0.2) is 0 Å². The van der Waals surface area contributed by atoms with Crippen molar-refractivity contribution >= 4 is 12.2 Å². The monoisotopic (exact) mass is 149 g/mol. The van der Waals surface area contributed by atoms with Crippen LogP contribution in [0, 0.1) is 0 Å². The number of nitrogens with two attached hydrogens (primary N) is 1. The van der Waals surface area contributed by atoms with Crippen molar-refractivity contribution in [2.24, 2.45) is 0 Å². The third kappa shape index (κ3) is 1.32. The Morgan fingerprint density at radius 1 is 1.73 bits per heavy atom. The zero-order valence-corrected chi connectivity index (χ0v) is 6.49. The first-order valence-electron chi connectivity index (χ1n) is 3.37. The van der Waals surface area contributed by atoms with E-state index in [-0.39, 0.29) is 0 Å². The molecular weight excluding hydrogens is 138 g/mol. The summed E-state index contributed by atoms with van der Waals surface area (Å²) in [6.07, 6.45) is 7.19. The van der Waals surface area contributed by atoms with Crippen LogP contribution in [0.5, 0.6) is 0 Å². The predicted molar refractivity (Wildman–Crippen MR) is 46.4 cm³/mol. The first-order chi connectivity index (χ1) is 5.29. The SMILES string of the molecule is C=C/C=c1/cnn(N)/c1=C/C. The Kier molecular flexibility index (Phi) is 2.11. The van der Waals surface area contributed by atoms with Crippen LogP contribution >= 0.6 is 0 Å². The first kappa shape index (κ1) is 7.60. The molecule has 1 heterocycles. The van der Waals surface area contributed by atoms with Crippen molar-refractivity contribution in [3.63, 3.8) is 0 Å². The van der Waals surface area contributed by atoms with Gasteiger partial charge in [0.05, 0.1) is 11.5 Å². The zero-order chi connectivity index (χ0) is 8.27. The number of aromatic nitrogens is 2. The average molecular weight is 149 g/mol. The van der Waals surface area contributed by atoms with Gasteiger partial charge in [0.25, 0.3) is 0 Å². The van der Waals surface area contributed by atoms with E-state index in [1.807, 2.05) is 19.1 Å². The third-order valence-electron chi connectivity index (χ3n) is 1.43. The second-order valence-electron chi connectivity index (χ2n) is 2.12. The molecule has 2 N–H and O–H groups in total. The molecule has 0 aromatic carbocycles. The number of rotatable bonds is 1. The minimum Gasteiger partial charge on any atom is -0.323 e. The van der Waals surface area contributed by atoms with Gasteiger partial charge < -0.3 is 5.84 Å². The number of nitrogens with zero attached hydrogens (tertiary/aromatic N) is 2. The van der Waals surface area contributed by atoms with Gasteiger partial charge in [-0.15, -0.1) is 0 Å². The highest BCUT2D eigenvalue weighted by atomic mass is 15.5. The fourth-order valence-corrected chi connectivity index (χ4v) is 0.939. The Labute approximate surface area is 65.1 Å². The smallest absolute Gasteiger partial charge is 0.0873 e. The van der Waals surface area contributed by atoms with Crippen LogP contribution in [0.4, 0.5) is 0 Å². The predicted octanol–water partition coefficient (Wildman–Crippen LogP) is -0.636. The van der Waals surface area contributed by atoms with Crippen LogP contribution in [-0.2, 0) is 0 Å². The molecule has 0 radical (unpaired) electrons. The third-order valence-corrected chi connectivity index (χ3v) is 1.43. The Morgan fingerprint density at radius 2 is 2.45 bits per heavy atom. The molecule has 1 rings (SSSR count). The molecule has 3 heteroatoms. The topological polar surface area (TPSA) is 43.8 Å². The lowest BCUT2D eigenvalue weighted by Gasteiger charge is -1.85. The number of hydrogen-bond acceptors (Lipinski definition) is 2. The van der Waals surface area contributed by atoms with Crippen LogP contribution in [0.2, 0.25) is 0 Å². The Hall–Kier alpha value is -1.51. The molecule has 0 bridgehead atoms. The van der Waals surface area contributed by atoms with Crippen LogP contribution in [0.15, 0.2) is 18.9 Å². The van der Waals surface area contributed by atoms with E-state index in [1.165, 1.54) is 4.79 Å². The fraction of sp³-hybridized carbons (Fsp3) is 0.125. The van der Waals surface area contributed by atoms with E-state index < -0.39 is 0 Å². The van der Waals surface area contributed by atoms with Crippen molar-refractivity contribution in [1.82, 2.24) is 9.89 Å². The summed E-state index contributed by atoms with van der Waals surface area (Å²) >= 11 is 0. The maximum absolute atomic E-state index is 5.50. The molecule has 0 saturated heterocycles. The van der Waals surface area contributed by atoms with Crippen LogP contribution < -0.4 is 16.4 Å². The minimum absolute atomic E-state index is 0.907. The van der Waals surface area contributed by atoms with Crippen LogP contribution in [0.25, 0.3) is 12.2 Å². The molecule has 0 atom stereocenters. The van der Waals surface area contributed by atoms with Crippen LogP contribution in [0.3, 0.4) is 0 Å². The van der Waals surface area contributed by atoms with E-state index in [4.69, 9.17) is 5.84 Å². The van der Waals surface area contributed by atoms with Gasteiger partial charge in [0.2, 0.25) is 0 Å². The highest BCUT2D eigenvalue weighted by molar-refractivity contribution is 5.35. The van der Waals surface area contributed by atoms with Crippen molar-refractivity contribution < 1.29 is 0 Å². The van der Waals surface area contributed by atoms with E-state index in [0.717, 1.165) is 10.6 Å². The van der Waals surface area contributed by atoms with Crippen LogP contribution in [-0.4, -0.2) is 9.89 Å². The van der Waals surface area contributed by atoms with Crippen molar-refractivity contribution in [1.29, 1.82) is 0 Å². The summed E-state index contributed by atoms with van der Waals surface area (Å²) < 4.78 is 0. The van der Waals surface area contributed by atoms with Crippen molar-refractivity contribution in [3.8, 4) is 0 Å². The summed E-state index contributed by atoms with van der Waals surface area (Å²) in [5.74, 6) is 5.50. The Morgan fingerprint density at radius 3 is 3.00 bits per heavy atom. The standard InChI is InChI=1S/C8H11N3/c1-3-5-7-6-10-11(9)8(7)4-2/h3-6H,1,9H2,2H3/b7-5-,8-4+. The van der Waals surface area contributed by atoms with Gasteiger partial charge in [-0.3, -0.25) is 0 Å². The lowest BCUT2D eigenvalue weighted by Crippen LogP contribution is -2.33. The fourth-order valence-electron chi connectivity index (χ4n) is 0.939. The van der Waals surface area contributed by atoms with Crippen molar-refractivity contribution in [3.05, 3.63) is 29.4 Å². The van der Waals surface area contributed by atoms with Gasteiger partial charge in [0.1, 0.15) is 0 Å². The summed E-state index contributed by atoms with van der Waals surface area (Å²) in [7, 11) is 0.